The molecule has 0 aromatic carbocycles. The zero-order chi connectivity index (χ0) is 22.0. The molecule has 0 saturated carbocycles. The van der Waals surface area contributed by atoms with Gasteiger partial charge in [0.2, 0.25) is 11.8 Å². The van der Waals surface area contributed by atoms with E-state index in [2.05, 4.69) is 17.4 Å². The van der Waals surface area contributed by atoms with Crippen LogP contribution >= 0.6 is 0 Å². The molecule has 0 unspecified atom stereocenters. The molecule has 172 valence electrons. The molecule has 0 atom stereocenters. The van der Waals surface area contributed by atoms with Crippen molar-refractivity contribution in [2.45, 2.75) is 91.4 Å². The number of carbonyl (C=O) groups is 2. The highest BCUT2D eigenvalue weighted by Gasteiger charge is 2.17. The molecule has 1 aromatic heterocycles. The van der Waals surface area contributed by atoms with E-state index in [9.17, 15) is 9.59 Å². The summed E-state index contributed by atoms with van der Waals surface area (Å²) in [5, 5.41) is 6.45. The number of rotatable bonds is 18. The smallest absolute Gasteiger partial charge is 0.245 e. The first kappa shape index (κ1) is 26.1. The van der Waals surface area contributed by atoms with Crippen molar-refractivity contribution in [1.29, 1.82) is 0 Å². The van der Waals surface area contributed by atoms with Crippen molar-refractivity contribution in [2.24, 2.45) is 0 Å². The number of carbonyl (C=O) groups excluding carboxylic acids is 2. The number of unbranched alkanes of at least 4 members (excludes halogenated alkanes) is 8. The second-order valence-electron chi connectivity index (χ2n) is 7.82. The monoisotopic (exact) mass is 423 g/mol. The molecule has 30 heavy (non-hydrogen) atoms. The van der Waals surface area contributed by atoms with Crippen LogP contribution in [0.5, 0.6) is 0 Å². The fourth-order valence-corrected chi connectivity index (χ4v) is 3.32. The summed E-state index contributed by atoms with van der Waals surface area (Å²) >= 11 is 0. The predicted molar refractivity (Wildman–Crippen MR) is 119 cm³/mol. The molecule has 0 aliphatic heterocycles. The molecule has 7 heteroatoms. The maximum atomic E-state index is 12.7. The molecule has 1 N–H and O–H groups in total. The summed E-state index contributed by atoms with van der Waals surface area (Å²) in [6, 6.07) is 1.65. The third-order valence-electron chi connectivity index (χ3n) is 5.00. The van der Waals surface area contributed by atoms with Gasteiger partial charge in [0, 0.05) is 32.2 Å². The minimum absolute atomic E-state index is 0.0221. The molecule has 1 heterocycles. The molecule has 0 bridgehead atoms. The molecule has 2 amide bonds. The summed E-state index contributed by atoms with van der Waals surface area (Å²) in [5.41, 5.74) is 0. The number of aryl methyl sites for hydroxylation is 1. The number of aromatic nitrogens is 1. The van der Waals surface area contributed by atoms with Crippen molar-refractivity contribution in [2.75, 3.05) is 31.6 Å². The van der Waals surface area contributed by atoms with Gasteiger partial charge in [-0.25, -0.2) is 0 Å². The van der Waals surface area contributed by atoms with Gasteiger partial charge in [-0.15, -0.1) is 0 Å². The summed E-state index contributed by atoms with van der Waals surface area (Å²) in [7, 11) is 0. The molecule has 0 aliphatic carbocycles. The molecule has 1 aromatic rings. The number of hydrogen-bond acceptors (Lipinski definition) is 5. The Morgan fingerprint density at radius 3 is 2.30 bits per heavy atom. The van der Waals surface area contributed by atoms with Gasteiger partial charge in [-0.1, -0.05) is 63.4 Å². The Hall–Kier alpha value is -1.89. The van der Waals surface area contributed by atoms with Crippen LogP contribution in [0, 0.1) is 6.92 Å². The number of nitrogens with zero attached hydrogens (tertiary/aromatic N) is 2. The van der Waals surface area contributed by atoms with Gasteiger partial charge < -0.3 is 19.5 Å². The van der Waals surface area contributed by atoms with Crippen molar-refractivity contribution in [3.05, 3.63) is 11.8 Å². The van der Waals surface area contributed by atoms with Gasteiger partial charge in [0.25, 0.3) is 0 Å². The Labute approximate surface area is 181 Å². The lowest BCUT2D eigenvalue weighted by atomic mass is 10.1. The van der Waals surface area contributed by atoms with Crippen LogP contribution in [0.4, 0.5) is 5.82 Å². The van der Waals surface area contributed by atoms with Crippen LogP contribution in [0.15, 0.2) is 10.6 Å². The molecule has 1 rings (SSSR count). The van der Waals surface area contributed by atoms with Gasteiger partial charge in [0.05, 0.1) is 6.54 Å². The van der Waals surface area contributed by atoms with E-state index >= 15 is 0 Å². The summed E-state index contributed by atoms with van der Waals surface area (Å²) in [5.74, 6) is 0.763. The minimum Gasteiger partial charge on any atom is -0.382 e. The molecule has 0 spiro atoms. The van der Waals surface area contributed by atoms with Crippen LogP contribution in [0.2, 0.25) is 0 Å². The largest absolute Gasteiger partial charge is 0.382 e. The Morgan fingerprint density at radius 1 is 1.03 bits per heavy atom. The zero-order valence-electron chi connectivity index (χ0n) is 19.2. The number of ether oxygens (including phenoxy) is 1. The van der Waals surface area contributed by atoms with Crippen molar-refractivity contribution < 1.29 is 18.8 Å². The van der Waals surface area contributed by atoms with Gasteiger partial charge in [-0.3, -0.25) is 9.59 Å². The van der Waals surface area contributed by atoms with Gasteiger partial charge in [0.1, 0.15) is 5.76 Å². The number of nitrogens with one attached hydrogen (secondary N) is 1. The number of amides is 2. The molecule has 0 fully saturated rings. The second kappa shape index (κ2) is 16.9. The van der Waals surface area contributed by atoms with Gasteiger partial charge in [-0.2, -0.15) is 0 Å². The van der Waals surface area contributed by atoms with Crippen LogP contribution in [-0.4, -0.2) is 48.2 Å². The van der Waals surface area contributed by atoms with Gasteiger partial charge in [0.15, 0.2) is 5.82 Å². The van der Waals surface area contributed by atoms with E-state index in [1.165, 1.54) is 44.9 Å². The Balaban J connectivity index is 2.33. The van der Waals surface area contributed by atoms with Gasteiger partial charge in [-0.05, 0) is 26.7 Å². The Morgan fingerprint density at radius 2 is 1.70 bits per heavy atom. The van der Waals surface area contributed by atoms with E-state index in [4.69, 9.17) is 9.26 Å². The first-order chi connectivity index (χ1) is 14.6. The molecule has 0 saturated heterocycles. The van der Waals surface area contributed by atoms with E-state index in [0.29, 0.717) is 44.2 Å². The Kier molecular flexibility index (Phi) is 14.7. The average molecular weight is 424 g/mol. The van der Waals surface area contributed by atoms with E-state index < -0.39 is 0 Å². The van der Waals surface area contributed by atoms with E-state index in [-0.39, 0.29) is 18.4 Å². The van der Waals surface area contributed by atoms with Crippen molar-refractivity contribution >= 4 is 17.6 Å². The summed E-state index contributed by atoms with van der Waals surface area (Å²) in [6.45, 7) is 7.71. The van der Waals surface area contributed by atoms with Crippen LogP contribution < -0.4 is 5.32 Å². The minimum atomic E-state index is -0.264. The highest BCUT2D eigenvalue weighted by Crippen LogP contribution is 2.12. The Bertz CT molecular complexity index is 589. The maximum absolute atomic E-state index is 12.7. The number of anilines is 1. The average Bonchev–Trinajstić information content (AvgIpc) is 3.13. The normalized spacial score (nSPS) is 10.9. The molecule has 7 nitrogen and oxygen atoms in total. The summed E-state index contributed by atoms with van der Waals surface area (Å²) in [6.07, 6.45) is 12.1. The van der Waals surface area contributed by atoms with E-state index in [1.54, 1.807) is 17.9 Å². The first-order valence-corrected chi connectivity index (χ1v) is 11.7. The maximum Gasteiger partial charge on any atom is 0.245 e. The van der Waals surface area contributed by atoms with Crippen molar-refractivity contribution in [3.8, 4) is 0 Å². The van der Waals surface area contributed by atoms with Gasteiger partial charge >= 0.3 is 0 Å². The first-order valence-electron chi connectivity index (χ1n) is 11.7. The molecule has 0 aliphatic rings. The zero-order valence-corrected chi connectivity index (χ0v) is 19.2. The van der Waals surface area contributed by atoms with E-state index in [1.807, 2.05) is 6.92 Å². The molecular weight excluding hydrogens is 382 g/mol. The lowest BCUT2D eigenvalue weighted by Gasteiger charge is -2.22. The predicted octanol–water partition coefficient (Wildman–Crippen LogP) is 5.10. The fraction of sp³-hybridized carbons (Fsp3) is 0.783. The topological polar surface area (TPSA) is 84.7 Å². The van der Waals surface area contributed by atoms with Crippen LogP contribution in [0.3, 0.4) is 0 Å². The lowest BCUT2D eigenvalue weighted by molar-refractivity contribution is -0.135. The van der Waals surface area contributed by atoms with Crippen molar-refractivity contribution in [3.63, 3.8) is 0 Å². The quantitative estimate of drug-likeness (QED) is 0.332. The van der Waals surface area contributed by atoms with Crippen LogP contribution in [-0.2, 0) is 14.3 Å². The molecular formula is C23H41N3O4. The van der Waals surface area contributed by atoms with Crippen molar-refractivity contribution in [1.82, 2.24) is 10.1 Å². The SMILES string of the molecule is CCCCCCCCCCCC(=O)N(CCCOCC)CC(=O)Nc1cc(C)on1. The summed E-state index contributed by atoms with van der Waals surface area (Å²) < 4.78 is 10.3. The third kappa shape index (κ3) is 12.6. The number of hydrogen-bond donors (Lipinski definition) is 1. The van der Waals surface area contributed by atoms with Crippen LogP contribution in [0.1, 0.15) is 90.2 Å². The standard InChI is InChI=1S/C23H41N3O4/c1-4-6-7-8-9-10-11-12-13-15-23(28)26(16-14-17-29-5-2)19-22(27)24-21-18-20(3)30-25-21/h18H,4-17,19H2,1-3H3,(H,24,25,27). The fourth-order valence-electron chi connectivity index (χ4n) is 3.32. The highest BCUT2D eigenvalue weighted by atomic mass is 16.5. The van der Waals surface area contributed by atoms with E-state index in [0.717, 1.165) is 12.8 Å². The summed E-state index contributed by atoms with van der Waals surface area (Å²) in [4.78, 5) is 26.6. The second-order valence-corrected chi connectivity index (χ2v) is 7.82. The lowest BCUT2D eigenvalue weighted by Crippen LogP contribution is -2.39. The third-order valence-corrected chi connectivity index (χ3v) is 5.00. The highest BCUT2D eigenvalue weighted by molar-refractivity contribution is 5.93. The molecule has 0 radical (unpaired) electrons. The van der Waals surface area contributed by atoms with Crippen LogP contribution in [0.25, 0.3) is 0 Å².